The lowest BCUT2D eigenvalue weighted by atomic mass is 10.2. The second-order valence-corrected chi connectivity index (χ2v) is 4.78. The topological polar surface area (TPSA) is 40.6 Å². The van der Waals surface area contributed by atoms with Gasteiger partial charge in [-0.1, -0.05) is 18.2 Å². The highest BCUT2D eigenvalue weighted by molar-refractivity contribution is 7.99. The average molecular weight is 234 g/mol. The summed E-state index contributed by atoms with van der Waals surface area (Å²) in [6, 6.07) is 8.65. The van der Waals surface area contributed by atoms with Crippen LogP contribution in [0.1, 0.15) is 0 Å². The van der Waals surface area contributed by atoms with Crippen molar-refractivity contribution in [2.45, 2.75) is 6.04 Å². The molecule has 4 nitrogen and oxygen atoms in total. The zero-order valence-corrected chi connectivity index (χ0v) is 9.31. The minimum Gasteiger partial charge on any atom is -0.302 e. The summed E-state index contributed by atoms with van der Waals surface area (Å²) < 4.78 is 0. The molecule has 2 aliphatic heterocycles. The van der Waals surface area contributed by atoms with Crippen LogP contribution in [0.4, 0.5) is 10.5 Å². The van der Waals surface area contributed by atoms with E-state index in [1.54, 1.807) is 28.8 Å². The number of imide groups is 1. The molecule has 16 heavy (non-hydrogen) atoms. The summed E-state index contributed by atoms with van der Waals surface area (Å²) >= 11 is 1.63. The third kappa shape index (κ3) is 1.24. The van der Waals surface area contributed by atoms with Crippen LogP contribution in [0.25, 0.3) is 0 Å². The Labute approximate surface area is 97.2 Å². The SMILES string of the molecule is O=C1C2CSCN2C(=O)N1c1ccccc1. The van der Waals surface area contributed by atoms with Gasteiger partial charge in [-0.05, 0) is 12.1 Å². The number of hydrogen-bond donors (Lipinski definition) is 0. The van der Waals surface area contributed by atoms with Crippen LogP contribution >= 0.6 is 11.8 Å². The molecule has 0 aromatic heterocycles. The molecule has 0 radical (unpaired) electrons. The summed E-state index contributed by atoms with van der Waals surface area (Å²) in [4.78, 5) is 27.0. The fourth-order valence-corrected chi connectivity index (χ4v) is 3.16. The summed E-state index contributed by atoms with van der Waals surface area (Å²) in [5.74, 6) is 1.24. The lowest BCUT2D eigenvalue weighted by molar-refractivity contribution is -0.118. The first-order valence-corrected chi connectivity index (χ1v) is 6.22. The van der Waals surface area contributed by atoms with Crippen LogP contribution in [-0.4, -0.2) is 34.5 Å². The van der Waals surface area contributed by atoms with E-state index < -0.39 is 0 Å². The first kappa shape index (κ1) is 9.72. The highest BCUT2D eigenvalue weighted by Crippen LogP contribution is 2.32. The molecule has 2 heterocycles. The molecule has 0 bridgehead atoms. The van der Waals surface area contributed by atoms with Gasteiger partial charge < -0.3 is 4.90 Å². The van der Waals surface area contributed by atoms with E-state index in [-0.39, 0.29) is 18.0 Å². The predicted octanol–water partition coefficient (Wildman–Crippen LogP) is 1.53. The molecule has 1 atom stereocenters. The fraction of sp³-hybridized carbons (Fsp3) is 0.273. The van der Waals surface area contributed by atoms with Gasteiger partial charge in [0.1, 0.15) is 6.04 Å². The molecule has 2 fully saturated rings. The number of rotatable bonds is 1. The van der Waals surface area contributed by atoms with Crippen molar-refractivity contribution < 1.29 is 9.59 Å². The molecule has 5 heteroatoms. The standard InChI is InChI=1S/C11H10N2O2S/c14-10-9-6-16-7-12(9)11(15)13(10)8-4-2-1-3-5-8/h1-5,9H,6-7H2. The maximum atomic E-state index is 12.0. The lowest BCUT2D eigenvalue weighted by Gasteiger charge is -2.14. The molecule has 82 valence electrons. The maximum Gasteiger partial charge on any atom is 0.332 e. The van der Waals surface area contributed by atoms with Crippen molar-refractivity contribution >= 4 is 29.4 Å². The highest BCUT2D eigenvalue weighted by Gasteiger charge is 2.48. The Hall–Kier alpha value is -1.49. The van der Waals surface area contributed by atoms with E-state index in [1.807, 2.05) is 18.2 Å². The third-order valence-corrected chi connectivity index (χ3v) is 3.85. The van der Waals surface area contributed by atoms with Crippen molar-refractivity contribution in [3.8, 4) is 0 Å². The number of carbonyl (C=O) groups excluding carboxylic acids is 2. The van der Waals surface area contributed by atoms with E-state index >= 15 is 0 Å². The van der Waals surface area contributed by atoms with Gasteiger partial charge in [-0.15, -0.1) is 11.8 Å². The number of benzene rings is 1. The number of carbonyl (C=O) groups is 2. The molecule has 1 unspecified atom stereocenters. The van der Waals surface area contributed by atoms with Crippen LogP contribution < -0.4 is 4.90 Å². The van der Waals surface area contributed by atoms with Gasteiger partial charge in [-0.2, -0.15) is 0 Å². The van der Waals surface area contributed by atoms with Gasteiger partial charge in [-0.3, -0.25) is 4.79 Å². The fourth-order valence-electron chi connectivity index (χ4n) is 2.02. The molecule has 2 aliphatic rings. The molecule has 1 aromatic carbocycles. The molecule has 0 spiro atoms. The molecular formula is C11H10N2O2S. The van der Waals surface area contributed by atoms with Crippen molar-refractivity contribution in [1.29, 1.82) is 0 Å². The number of nitrogens with zero attached hydrogens (tertiary/aromatic N) is 2. The average Bonchev–Trinajstić information content (AvgIpc) is 2.86. The van der Waals surface area contributed by atoms with Gasteiger partial charge in [0.05, 0.1) is 11.6 Å². The highest BCUT2D eigenvalue weighted by atomic mass is 32.2. The monoisotopic (exact) mass is 234 g/mol. The van der Waals surface area contributed by atoms with Gasteiger partial charge in [0.2, 0.25) is 0 Å². The Morgan fingerprint density at radius 2 is 1.94 bits per heavy atom. The van der Waals surface area contributed by atoms with Crippen LogP contribution in [0.5, 0.6) is 0 Å². The maximum absolute atomic E-state index is 12.0. The van der Waals surface area contributed by atoms with Crippen molar-refractivity contribution in [1.82, 2.24) is 4.90 Å². The summed E-state index contributed by atoms with van der Waals surface area (Å²) in [5, 5.41) is 0. The minimum atomic E-state index is -0.252. The Kier molecular flexibility index (Phi) is 2.14. The molecule has 2 saturated heterocycles. The normalized spacial score (nSPS) is 24.1. The molecule has 0 N–H and O–H groups in total. The zero-order valence-electron chi connectivity index (χ0n) is 8.50. The largest absolute Gasteiger partial charge is 0.332 e. The van der Waals surface area contributed by atoms with Gasteiger partial charge >= 0.3 is 6.03 Å². The smallest absolute Gasteiger partial charge is 0.302 e. The minimum absolute atomic E-state index is 0.0961. The summed E-state index contributed by atoms with van der Waals surface area (Å²) in [6.45, 7) is 0. The van der Waals surface area contributed by atoms with Crippen molar-refractivity contribution in [3.63, 3.8) is 0 Å². The van der Waals surface area contributed by atoms with Crippen LogP contribution in [0.3, 0.4) is 0 Å². The van der Waals surface area contributed by atoms with Crippen LogP contribution in [-0.2, 0) is 4.79 Å². The second kappa shape index (κ2) is 3.52. The summed E-state index contributed by atoms with van der Waals surface area (Å²) in [5.41, 5.74) is 0.664. The first-order chi connectivity index (χ1) is 7.79. The van der Waals surface area contributed by atoms with Gasteiger partial charge in [0.25, 0.3) is 5.91 Å². The van der Waals surface area contributed by atoms with Gasteiger partial charge in [-0.25, -0.2) is 9.69 Å². The Bertz CT molecular complexity index is 427. The molecule has 1 aromatic rings. The van der Waals surface area contributed by atoms with Crippen LogP contribution in [0.15, 0.2) is 30.3 Å². The second-order valence-electron chi connectivity index (χ2n) is 3.78. The predicted molar refractivity (Wildman–Crippen MR) is 62.3 cm³/mol. The number of fused-ring (bicyclic) bond motifs is 1. The Morgan fingerprint density at radius 1 is 1.19 bits per heavy atom. The van der Waals surface area contributed by atoms with E-state index in [0.717, 1.165) is 0 Å². The lowest BCUT2D eigenvalue weighted by Crippen LogP contribution is -2.32. The third-order valence-electron chi connectivity index (χ3n) is 2.84. The van der Waals surface area contributed by atoms with Crippen molar-refractivity contribution in [3.05, 3.63) is 30.3 Å². The molecular weight excluding hydrogens is 224 g/mol. The van der Waals surface area contributed by atoms with Crippen molar-refractivity contribution in [2.24, 2.45) is 0 Å². The van der Waals surface area contributed by atoms with Crippen molar-refractivity contribution in [2.75, 3.05) is 16.5 Å². The zero-order chi connectivity index (χ0) is 11.1. The molecule has 3 rings (SSSR count). The van der Waals surface area contributed by atoms with E-state index in [1.165, 1.54) is 4.90 Å². The van der Waals surface area contributed by atoms with Gasteiger partial charge in [0.15, 0.2) is 0 Å². The number of para-hydroxylation sites is 1. The molecule has 0 aliphatic carbocycles. The Balaban J connectivity index is 1.98. The molecule has 0 saturated carbocycles. The van der Waals surface area contributed by atoms with E-state index in [2.05, 4.69) is 0 Å². The van der Waals surface area contributed by atoms with E-state index in [4.69, 9.17) is 0 Å². The molecule has 3 amide bonds. The number of urea groups is 1. The number of thioether (sulfide) groups is 1. The first-order valence-electron chi connectivity index (χ1n) is 5.06. The number of amides is 3. The Morgan fingerprint density at radius 3 is 2.62 bits per heavy atom. The number of anilines is 1. The summed E-state index contributed by atoms with van der Waals surface area (Å²) in [7, 11) is 0. The van der Waals surface area contributed by atoms with Crippen LogP contribution in [0, 0.1) is 0 Å². The van der Waals surface area contributed by atoms with E-state index in [9.17, 15) is 9.59 Å². The summed E-state index contributed by atoms with van der Waals surface area (Å²) in [6.07, 6.45) is 0. The van der Waals surface area contributed by atoms with Gasteiger partial charge in [0, 0.05) is 5.75 Å². The van der Waals surface area contributed by atoms with Crippen LogP contribution in [0.2, 0.25) is 0 Å². The number of hydrogen-bond acceptors (Lipinski definition) is 3. The quantitative estimate of drug-likeness (QED) is 0.692. The van der Waals surface area contributed by atoms with E-state index in [0.29, 0.717) is 17.3 Å².